The van der Waals surface area contributed by atoms with E-state index in [2.05, 4.69) is 0 Å². The first-order valence-corrected chi connectivity index (χ1v) is 11.6. The number of carbonyl (C=O) groups excluding carboxylic acids is 2. The average Bonchev–Trinajstić information content (AvgIpc) is 3.07. The molecule has 0 aromatic heterocycles. The van der Waals surface area contributed by atoms with E-state index in [0.29, 0.717) is 37.3 Å². The molecule has 1 unspecified atom stereocenters. The number of hydrogen-bond donors (Lipinski definition) is 1. The Kier molecular flexibility index (Phi) is 6.84. The van der Waals surface area contributed by atoms with Crippen molar-refractivity contribution in [3.63, 3.8) is 0 Å². The summed E-state index contributed by atoms with van der Waals surface area (Å²) in [7, 11) is 1.63. The van der Waals surface area contributed by atoms with Gasteiger partial charge in [-0.15, -0.1) is 0 Å². The second-order valence-corrected chi connectivity index (χ2v) is 9.04. The zero-order valence-electron chi connectivity index (χ0n) is 19.6. The molecule has 33 heavy (non-hydrogen) atoms. The molecule has 0 radical (unpaired) electrons. The van der Waals surface area contributed by atoms with Crippen molar-refractivity contribution in [2.24, 2.45) is 5.92 Å². The molecule has 2 heterocycles. The first-order valence-electron chi connectivity index (χ1n) is 11.6. The van der Waals surface area contributed by atoms with Gasteiger partial charge in [0, 0.05) is 26.2 Å². The van der Waals surface area contributed by atoms with Crippen molar-refractivity contribution in [3.8, 4) is 5.75 Å². The lowest BCUT2D eigenvalue weighted by molar-refractivity contribution is -0.137. The molecule has 2 aromatic carbocycles. The SMILES string of the molecule is COc1ccc(CCN2C(=O)C(c3ccc(C)cc3C)=C(N3CCCC(CO)C3)C2=O)cc1. The van der Waals surface area contributed by atoms with Gasteiger partial charge in [0.25, 0.3) is 11.8 Å². The van der Waals surface area contributed by atoms with Crippen LogP contribution in [0.4, 0.5) is 0 Å². The van der Waals surface area contributed by atoms with Gasteiger partial charge in [0.1, 0.15) is 11.4 Å². The molecule has 0 bridgehead atoms. The Hall–Kier alpha value is -3.12. The third kappa shape index (κ3) is 4.67. The summed E-state index contributed by atoms with van der Waals surface area (Å²) in [5.74, 6) is 0.420. The molecule has 2 aromatic rings. The number of amides is 2. The average molecular weight is 449 g/mol. The van der Waals surface area contributed by atoms with Gasteiger partial charge in [0.05, 0.1) is 12.7 Å². The van der Waals surface area contributed by atoms with Crippen molar-refractivity contribution >= 4 is 17.4 Å². The van der Waals surface area contributed by atoms with E-state index in [1.54, 1.807) is 7.11 Å². The van der Waals surface area contributed by atoms with Crippen molar-refractivity contribution in [1.82, 2.24) is 9.80 Å². The maximum absolute atomic E-state index is 13.6. The quantitative estimate of drug-likeness (QED) is 0.658. The number of aliphatic hydroxyl groups excluding tert-OH is 1. The second-order valence-electron chi connectivity index (χ2n) is 9.04. The third-order valence-electron chi connectivity index (χ3n) is 6.67. The van der Waals surface area contributed by atoms with Crippen LogP contribution in [0.15, 0.2) is 48.2 Å². The van der Waals surface area contributed by atoms with Crippen LogP contribution in [0.25, 0.3) is 5.57 Å². The largest absolute Gasteiger partial charge is 0.497 e. The van der Waals surface area contributed by atoms with Crippen molar-refractivity contribution < 1.29 is 19.4 Å². The Morgan fingerprint density at radius 2 is 1.82 bits per heavy atom. The van der Waals surface area contributed by atoms with E-state index in [-0.39, 0.29) is 24.3 Å². The summed E-state index contributed by atoms with van der Waals surface area (Å²) in [5.41, 5.74) is 4.93. The lowest BCUT2D eigenvalue weighted by atomic mass is 9.95. The number of methoxy groups -OCH3 is 1. The summed E-state index contributed by atoms with van der Waals surface area (Å²) in [6.45, 7) is 5.71. The van der Waals surface area contributed by atoms with Crippen LogP contribution < -0.4 is 4.74 Å². The highest BCUT2D eigenvalue weighted by molar-refractivity contribution is 6.35. The van der Waals surface area contributed by atoms with Crippen molar-refractivity contribution in [2.75, 3.05) is 33.4 Å². The smallest absolute Gasteiger partial charge is 0.277 e. The van der Waals surface area contributed by atoms with E-state index in [1.807, 2.05) is 61.2 Å². The molecule has 0 aliphatic carbocycles. The Labute approximate surface area is 195 Å². The molecular weight excluding hydrogens is 416 g/mol. The Morgan fingerprint density at radius 1 is 1.06 bits per heavy atom. The van der Waals surface area contributed by atoms with Crippen LogP contribution in [0.1, 0.15) is 35.1 Å². The van der Waals surface area contributed by atoms with E-state index < -0.39 is 0 Å². The van der Waals surface area contributed by atoms with Crippen molar-refractivity contribution in [1.29, 1.82) is 0 Å². The van der Waals surface area contributed by atoms with Gasteiger partial charge in [-0.05, 0) is 67.9 Å². The standard InChI is InChI=1S/C27H32N2O4/c1-18-6-11-23(19(2)15-18)24-25(28-13-4-5-21(16-28)17-30)27(32)29(26(24)31)14-12-20-7-9-22(33-3)10-8-20/h6-11,15,21,30H,4-5,12-14,16-17H2,1-3H3. The molecular formula is C27H32N2O4. The minimum atomic E-state index is -0.235. The number of likely N-dealkylation sites (tertiary alicyclic amines) is 1. The van der Waals surface area contributed by atoms with Gasteiger partial charge < -0.3 is 14.7 Å². The molecule has 1 N–H and O–H groups in total. The number of benzene rings is 2. The third-order valence-corrected chi connectivity index (χ3v) is 6.67. The predicted molar refractivity (Wildman–Crippen MR) is 128 cm³/mol. The summed E-state index contributed by atoms with van der Waals surface area (Å²) in [6.07, 6.45) is 2.40. The van der Waals surface area contributed by atoms with Crippen LogP contribution in [0.3, 0.4) is 0 Å². The van der Waals surface area contributed by atoms with Crippen LogP contribution in [0.2, 0.25) is 0 Å². The molecule has 0 spiro atoms. The lowest BCUT2D eigenvalue weighted by Crippen LogP contribution is -2.41. The normalized spacial score (nSPS) is 19.0. The minimum absolute atomic E-state index is 0.0893. The Morgan fingerprint density at radius 3 is 2.48 bits per heavy atom. The highest BCUT2D eigenvalue weighted by atomic mass is 16.5. The van der Waals surface area contributed by atoms with Crippen LogP contribution in [-0.4, -0.2) is 60.1 Å². The summed E-state index contributed by atoms with van der Waals surface area (Å²) < 4.78 is 5.21. The van der Waals surface area contributed by atoms with Gasteiger partial charge in [-0.1, -0.05) is 35.9 Å². The number of carbonyl (C=O) groups is 2. The Bertz CT molecular complexity index is 1070. The lowest BCUT2D eigenvalue weighted by Gasteiger charge is -2.34. The fraction of sp³-hybridized carbons (Fsp3) is 0.407. The van der Waals surface area contributed by atoms with Gasteiger partial charge in [0.2, 0.25) is 0 Å². The molecule has 2 amide bonds. The maximum Gasteiger partial charge on any atom is 0.277 e. The molecule has 0 saturated carbocycles. The summed E-state index contributed by atoms with van der Waals surface area (Å²) in [4.78, 5) is 30.7. The van der Waals surface area contributed by atoms with Gasteiger partial charge in [-0.25, -0.2) is 0 Å². The molecule has 1 atom stereocenters. The molecule has 6 heteroatoms. The molecule has 4 rings (SSSR count). The summed E-state index contributed by atoms with van der Waals surface area (Å²) in [6, 6.07) is 13.7. The fourth-order valence-electron chi connectivity index (χ4n) is 4.85. The highest BCUT2D eigenvalue weighted by Gasteiger charge is 2.42. The first-order chi connectivity index (χ1) is 15.9. The molecule has 6 nitrogen and oxygen atoms in total. The number of ether oxygens (including phenoxy) is 1. The number of imide groups is 1. The minimum Gasteiger partial charge on any atom is -0.497 e. The van der Waals surface area contributed by atoms with Crippen LogP contribution in [0, 0.1) is 19.8 Å². The first kappa shape index (κ1) is 23.1. The van der Waals surface area contributed by atoms with Crippen molar-refractivity contribution in [2.45, 2.75) is 33.1 Å². The van der Waals surface area contributed by atoms with E-state index in [9.17, 15) is 14.7 Å². The maximum atomic E-state index is 13.6. The second kappa shape index (κ2) is 9.79. The molecule has 1 fully saturated rings. The number of aryl methyl sites for hydroxylation is 2. The summed E-state index contributed by atoms with van der Waals surface area (Å²) in [5, 5.41) is 9.71. The highest BCUT2D eigenvalue weighted by Crippen LogP contribution is 2.35. The molecule has 2 aliphatic rings. The molecule has 1 saturated heterocycles. The predicted octanol–water partition coefficient (Wildman–Crippen LogP) is 3.34. The number of aliphatic hydroxyl groups is 1. The molecule has 2 aliphatic heterocycles. The van der Waals surface area contributed by atoms with Crippen molar-refractivity contribution in [3.05, 3.63) is 70.4 Å². The van der Waals surface area contributed by atoms with E-state index in [4.69, 9.17) is 4.74 Å². The van der Waals surface area contributed by atoms with Gasteiger partial charge in [0.15, 0.2) is 0 Å². The topological polar surface area (TPSA) is 70.1 Å². The summed E-state index contributed by atoms with van der Waals surface area (Å²) >= 11 is 0. The Balaban J connectivity index is 1.66. The zero-order valence-corrected chi connectivity index (χ0v) is 19.6. The number of hydrogen-bond acceptors (Lipinski definition) is 5. The number of rotatable bonds is 7. The van der Waals surface area contributed by atoms with Gasteiger partial charge in [-0.2, -0.15) is 0 Å². The van der Waals surface area contributed by atoms with Gasteiger partial charge in [-0.3, -0.25) is 14.5 Å². The van der Waals surface area contributed by atoms with Crippen LogP contribution >= 0.6 is 0 Å². The monoisotopic (exact) mass is 448 g/mol. The van der Waals surface area contributed by atoms with Crippen LogP contribution in [0.5, 0.6) is 5.75 Å². The van der Waals surface area contributed by atoms with E-state index >= 15 is 0 Å². The number of piperidine rings is 1. The molecule has 174 valence electrons. The van der Waals surface area contributed by atoms with Crippen LogP contribution in [-0.2, 0) is 16.0 Å². The zero-order chi connectivity index (χ0) is 23.5. The van der Waals surface area contributed by atoms with E-state index in [0.717, 1.165) is 40.8 Å². The van der Waals surface area contributed by atoms with E-state index in [1.165, 1.54) is 4.90 Å². The van der Waals surface area contributed by atoms with Gasteiger partial charge >= 0.3 is 0 Å². The number of nitrogens with zero attached hydrogens (tertiary/aromatic N) is 2. The fourth-order valence-corrected chi connectivity index (χ4v) is 4.85.